The van der Waals surface area contributed by atoms with Crippen molar-refractivity contribution in [2.24, 2.45) is 0 Å². The number of aromatic nitrogens is 2. The van der Waals surface area contributed by atoms with Crippen LogP contribution in [0.4, 0.5) is 0 Å². The van der Waals surface area contributed by atoms with Gasteiger partial charge in [-0.05, 0) is 13.0 Å². The first-order valence-electron chi connectivity index (χ1n) is 4.89. The lowest BCUT2D eigenvalue weighted by Crippen LogP contribution is -2.00. The Bertz CT molecular complexity index is 324. The van der Waals surface area contributed by atoms with Crippen LogP contribution in [0.1, 0.15) is 50.8 Å². The number of hydrogen-bond acceptors (Lipinski definition) is 3. The van der Waals surface area contributed by atoms with Crippen molar-refractivity contribution in [2.45, 2.75) is 40.5 Å². The summed E-state index contributed by atoms with van der Waals surface area (Å²) in [6.07, 6.45) is 0. The van der Waals surface area contributed by atoms with E-state index in [1.54, 1.807) is 6.07 Å². The Morgan fingerprint density at radius 2 is 1.86 bits per heavy atom. The lowest BCUT2D eigenvalue weighted by atomic mass is 10.2. The van der Waals surface area contributed by atoms with Crippen molar-refractivity contribution >= 4 is 0 Å². The molecule has 0 N–H and O–H groups in total. The van der Waals surface area contributed by atoms with E-state index in [0.29, 0.717) is 5.69 Å². The quantitative estimate of drug-likeness (QED) is 0.685. The second-order valence-corrected chi connectivity index (χ2v) is 3.02. The molecule has 0 radical (unpaired) electrons. The smallest absolute Gasteiger partial charge is 0.144 e. The number of nitriles is 1. The SMILES string of the molecule is CC.Cc1cc(C#N)nc(C(C)C)n1. The van der Waals surface area contributed by atoms with Crippen molar-refractivity contribution in [1.29, 1.82) is 5.26 Å². The summed E-state index contributed by atoms with van der Waals surface area (Å²) in [5.41, 5.74) is 1.30. The van der Waals surface area contributed by atoms with Gasteiger partial charge in [0.2, 0.25) is 0 Å². The minimum atomic E-state index is 0.275. The number of hydrogen-bond donors (Lipinski definition) is 0. The third-order valence-corrected chi connectivity index (χ3v) is 1.50. The van der Waals surface area contributed by atoms with Gasteiger partial charge in [-0.3, -0.25) is 0 Å². The molecule has 3 heteroatoms. The monoisotopic (exact) mass is 191 g/mol. The molecule has 0 bridgehead atoms. The molecule has 0 fully saturated rings. The highest BCUT2D eigenvalue weighted by Gasteiger charge is 2.04. The van der Waals surface area contributed by atoms with Gasteiger partial charge in [0, 0.05) is 11.6 Å². The van der Waals surface area contributed by atoms with E-state index in [1.807, 2.05) is 40.7 Å². The molecule has 0 amide bonds. The van der Waals surface area contributed by atoms with Gasteiger partial charge in [-0.15, -0.1) is 0 Å². The maximum Gasteiger partial charge on any atom is 0.144 e. The molecule has 0 aliphatic rings. The Labute approximate surface area is 85.8 Å². The molecular formula is C11H17N3. The van der Waals surface area contributed by atoms with E-state index in [9.17, 15) is 0 Å². The lowest BCUT2D eigenvalue weighted by molar-refractivity contribution is 0.763. The van der Waals surface area contributed by atoms with Crippen LogP contribution in [-0.4, -0.2) is 9.97 Å². The largest absolute Gasteiger partial charge is 0.238 e. The summed E-state index contributed by atoms with van der Waals surface area (Å²) in [4.78, 5) is 8.30. The maximum absolute atomic E-state index is 8.63. The third-order valence-electron chi connectivity index (χ3n) is 1.50. The van der Waals surface area contributed by atoms with Crippen molar-refractivity contribution in [2.75, 3.05) is 0 Å². The highest BCUT2D eigenvalue weighted by Crippen LogP contribution is 2.09. The zero-order valence-electron chi connectivity index (χ0n) is 9.50. The predicted molar refractivity (Wildman–Crippen MR) is 56.9 cm³/mol. The molecular weight excluding hydrogens is 174 g/mol. The summed E-state index contributed by atoms with van der Waals surface area (Å²) in [5.74, 6) is 1.02. The van der Waals surface area contributed by atoms with Crippen LogP contribution in [-0.2, 0) is 0 Å². The molecule has 0 saturated heterocycles. The first kappa shape index (κ1) is 12.6. The third kappa shape index (κ3) is 3.53. The molecule has 14 heavy (non-hydrogen) atoms. The van der Waals surface area contributed by atoms with E-state index < -0.39 is 0 Å². The van der Waals surface area contributed by atoms with Crippen molar-refractivity contribution in [3.63, 3.8) is 0 Å². The Morgan fingerprint density at radius 1 is 1.29 bits per heavy atom. The minimum absolute atomic E-state index is 0.275. The van der Waals surface area contributed by atoms with Crippen LogP contribution in [0, 0.1) is 18.3 Å². The van der Waals surface area contributed by atoms with Gasteiger partial charge in [-0.25, -0.2) is 9.97 Å². The fourth-order valence-corrected chi connectivity index (χ4v) is 0.907. The highest BCUT2D eigenvalue weighted by molar-refractivity contribution is 5.22. The molecule has 0 aromatic carbocycles. The summed E-state index contributed by atoms with van der Waals surface area (Å²) in [7, 11) is 0. The van der Waals surface area contributed by atoms with Crippen LogP contribution in [0.25, 0.3) is 0 Å². The van der Waals surface area contributed by atoms with E-state index in [4.69, 9.17) is 5.26 Å². The van der Waals surface area contributed by atoms with Crippen LogP contribution in [0.2, 0.25) is 0 Å². The van der Waals surface area contributed by atoms with Crippen molar-refractivity contribution in [1.82, 2.24) is 9.97 Å². The minimum Gasteiger partial charge on any atom is -0.238 e. The van der Waals surface area contributed by atoms with Gasteiger partial charge in [-0.2, -0.15) is 5.26 Å². The Kier molecular flexibility index (Phi) is 5.47. The van der Waals surface area contributed by atoms with Gasteiger partial charge in [0.05, 0.1) is 0 Å². The molecule has 1 aromatic rings. The number of aryl methyl sites for hydroxylation is 1. The second-order valence-electron chi connectivity index (χ2n) is 3.02. The van der Waals surface area contributed by atoms with Crippen molar-refractivity contribution in [3.8, 4) is 6.07 Å². The Balaban J connectivity index is 0.000000791. The average Bonchev–Trinajstić information content (AvgIpc) is 2.20. The van der Waals surface area contributed by atoms with E-state index >= 15 is 0 Å². The maximum atomic E-state index is 8.63. The van der Waals surface area contributed by atoms with E-state index in [2.05, 4.69) is 9.97 Å². The van der Waals surface area contributed by atoms with Crippen molar-refractivity contribution < 1.29 is 0 Å². The summed E-state index contributed by atoms with van der Waals surface area (Å²) in [6.45, 7) is 9.89. The van der Waals surface area contributed by atoms with Gasteiger partial charge in [-0.1, -0.05) is 27.7 Å². The second kappa shape index (κ2) is 6.09. The lowest BCUT2D eigenvalue weighted by Gasteiger charge is -2.03. The normalized spacial score (nSPS) is 8.93. The van der Waals surface area contributed by atoms with Gasteiger partial charge >= 0.3 is 0 Å². The van der Waals surface area contributed by atoms with E-state index in [1.165, 1.54) is 0 Å². The molecule has 0 unspecified atom stereocenters. The fraction of sp³-hybridized carbons (Fsp3) is 0.545. The molecule has 0 atom stereocenters. The molecule has 0 aliphatic carbocycles. The van der Waals surface area contributed by atoms with Crippen molar-refractivity contribution in [3.05, 3.63) is 23.3 Å². The first-order chi connectivity index (χ1) is 6.63. The van der Waals surface area contributed by atoms with Crippen LogP contribution in [0.5, 0.6) is 0 Å². The summed E-state index contributed by atoms with van der Waals surface area (Å²) in [6, 6.07) is 3.70. The summed E-state index contributed by atoms with van der Waals surface area (Å²) in [5, 5.41) is 8.63. The molecule has 76 valence electrons. The fourth-order valence-electron chi connectivity index (χ4n) is 0.907. The van der Waals surface area contributed by atoms with E-state index in [0.717, 1.165) is 11.5 Å². The first-order valence-corrected chi connectivity index (χ1v) is 4.89. The number of rotatable bonds is 1. The molecule has 1 heterocycles. The van der Waals surface area contributed by atoms with Gasteiger partial charge in [0.1, 0.15) is 17.6 Å². The molecule has 1 rings (SSSR count). The Morgan fingerprint density at radius 3 is 2.29 bits per heavy atom. The summed E-state index contributed by atoms with van der Waals surface area (Å²) >= 11 is 0. The standard InChI is InChI=1S/C9H11N3.C2H6/c1-6(2)9-11-7(3)4-8(5-10)12-9;1-2/h4,6H,1-3H3;1-2H3. The molecule has 0 saturated carbocycles. The number of nitrogens with zero attached hydrogens (tertiary/aromatic N) is 3. The van der Waals surface area contributed by atoms with E-state index in [-0.39, 0.29) is 5.92 Å². The molecule has 0 aliphatic heterocycles. The Hall–Kier alpha value is -1.43. The predicted octanol–water partition coefficient (Wildman–Crippen LogP) is 2.81. The van der Waals surface area contributed by atoms with Gasteiger partial charge < -0.3 is 0 Å². The molecule has 3 nitrogen and oxygen atoms in total. The average molecular weight is 191 g/mol. The molecule has 1 aromatic heterocycles. The van der Waals surface area contributed by atoms with Crippen LogP contribution < -0.4 is 0 Å². The molecule has 0 spiro atoms. The summed E-state index contributed by atoms with van der Waals surface area (Å²) < 4.78 is 0. The van der Waals surface area contributed by atoms with Crippen LogP contribution >= 0.6 is 0 Å². The van der Waals surface area contributed by atoms with Gasteiger partial charge in [0.15, 0.2) is 0 Å². The highest BCUT2D eigenvalue weighted by atomic mass is 14.9. The van der Waals surface area contributed by atoms with Gasteiger partial charge in [0.25, 0.3) is 0 Å². The van der Waals surface area contributed by atoms with Crippen LogP contribution in [0.3, 0.4) is 0 Å². The van der Waals surface area contributed by atoms with Crippen LogP contribution in [0.15, 0.2) is 6.07 Å². The topological polar surface area (TPSA) is 49.6 Å². The zero-order chi connectivity index (χ0) is 11.1. The zero-order valence-corrected chi connectivity index (χ0v) is 9.50.